The molecule has 2 N–H and O–H groups in total. The van der Waals surface area contributed by atoms with Gasteiger partial charge in [0.2, 0.25) is 5.91 Å². The zero-order valence-corrected chi connectivity index (χ0v) is 10.6. The van der Waals surface area contributed by atoms with Crippen molar-refractivity contribution < 1.29 is 9.90 Å². The molecule has 0 aromatic heterocycles. The number of rotatable bonds is 6. The van der Waals surface area contributed by atoms with Crippen molar-refractivity contribution in [2.24, 2.45) is 5.92 Å². The van der Waals surface area contributed by atoms with Gasteiger partial charge in [0.25, 0.3) is 0 Å². The third kappa shape index (κ3) is 4.12. The number of amides is 1. The van der Waals surface area contributed by atoms with E-state index in [1.807, 2.05) is 13.8 Å². The Morgan fingerprint density at radius 2 is 1.88 bits per heavy atom. The fourth-order valence-corrected chi connectivity index (χ4v) is 2.31. The van der Waals surface area contributed by atoms with Crippen molar-refractivity contribution in [2.45, 2.75) is 64.4 Å². The Kier molecular flexibility index (Phi) is 5.26. The Morgan fingerprint density at radius 3 is 2.38 bits per heavy atom. The average Bonchev–Trinajstić information content (AvgIpc) is 2.79. The van der Waals surface area contributed by atoms with E-state index in [4.69, 9.17) is 0 Å². The monoisotopic (exact) mass is 227 g/mol. The molecule has 3 nitrogen and oxygen atoms in total. The molecule has 0 heterocycles. The molecule has 1 aliphatic carbocycles. The number of aliphatic hydroxyl groups is 1. The van der Waals surface area contributed by atoms with Gasteiger partial charge < -0.3 is 10.4 Å². The number of carbonyl (C=O) groups is 1. The maximum atomic E-state index is 11.7. The molecule has 3 heteroatoms. The van der Waals surface area contributed by atoms with Gasteiger partial charge in [-0.1, -0.05) is 26.7 Å². The highest BCUT2D eigenvalue weighted by molar-refractivity contribution is 5.76. The minimum absolute atomic E-state index is 0.104. The molecule has 1 aliphatic rings. The Bertz CT molecular complexity index is 218. The summed E-state index contributed by atoms with van der Waals surface area (Å²) in [5.41, 5.74) is -0.717. The fourth-order valence-electron chi connectivity index (χ4n) is 2.31. The summed E-state index contributed by atoms with van der Waals surface area (Å²) in [5, 5.41) is 12.9. The normalized spacial score (nSPS) is 17.7. The molecule has 0 atom stereocenters. The molecule has 1 rings (SSSR count). The van der Waals surface area contributed by atoms with Crippen LogP contribution in [0.5, 0.6) is 0 Å². The Morgan fingerprint density at radius 1 is 1.31 bits per heavy atom. The number of nitrogens with one attached hydrogen (secondary N) is 1. The number of hydrogen-bond acceptors (Lipinski definition) is 2. The van der Waals surface area contributed by atoms with Gasteiger partial charge in [-0.05, 0) is 31.6 Å². The van der Waals surface area contributed by atoms with Crippen LogP contribution in [0.15, 0.2) is 0 Å². The van der Waals surface area contributed by atoms with E-state index in [1.165, 1.54) is 25.7 Å². The lowest BCUT2D eigenvalue weighted by Crippen LogP contribution is -2.42. The van der Waals surface area contributed by atoms with Crippen LogP contribution < -0.4 is 5.32 Å². The molecule has 1 saturated carbocycles. The Hall–Kier alpha value is -0.570. The predicted octanol–water partition coefficient (Wildman–Crippen LogP) is 2.23. The second-order valence-electron chi connectivity index (χ2n) is 5.06. The first kappa shape index (κ1) is 13.5. The molecule has 0 saturated heterocycles. The van der Waals surface area contributed by atoms with E-state index in [0.29, 0.717) is 31.7 Å². The lowest BCUT2D eigenvalue weighted by atomic mass is 9.97. The molecule has 0 radical (unpaired) electrons. The minimum Gasteiger partial charge on any atom is -0.388 e. The highest BCUT2D eigenvalue weighted by Gasteiger charge is 2.24. The van der Waals surface area contributed by atoms with Gasteiger partial charge in [-0.25, -0.2) is 0 Å². The molecule has 0 aromatic carbocycles. The molecule has 1 amide bonds. The van der Waals surface area contributed by atoms with Crippen LogP contribution in [-0.2, 0) is 4.79 Å². The number of carbonyl (C=O) groups excluding carboxylic acids is 1. The van der Waals surface area contributed by atoms with E-state index in [1.54, 1.807) is 0 Å². The molecule has 0 aromatic rings. The molecule has 0 aliphatic heterocycles. The van der Waals surface area contributed by atoms with E-state index in [9.17, 15) is 9.90 Å². The lowest BCUT2D eigenvalue weighted by Gasteiger charge is -2.25. The first-order valence-electron chi connectivity index (χ1n) is 6.58. The zero-order valence-electron chi connectivity index (χ0n) is 10.6. The van der Waals surface area contributed by atoms with Crippen LogP contribution in [0.1, 0.15) is 58.8 Å². The first-order chi connectivity index (χ1) is 7.59. The van der Waals surface area contributed by atoms with Gasteiger partial charge in [0.1, 0.15) is 0 Å². The maximum absolute atomic E-state index is 11.7. The van der Waals surface area contributed by atoms with Crippen molar-refractivity contribution in [3.05, 3.63) is 0 Å². The summed E-state index contributed by atoms with van der Waals surface area (Å²) >= 11 is 0. The molecular formula is C13H25NO2. The van der Waals surface area contributed by atoms with E-state index in [-0.39, 0.29) is 5.91 Å². The molecule has 0 bridgehead atoms. The Labute approximate surface area is 98.6 Å². The van der Waals surface area contributed by atoms with Gasteiger partial charge in [0, 0.05) is 13.0 Å². The summed E-state index contributed by atoms with van der Waals surface area (Å²) in [5.74, 6) is 0.684. The largest absolute Gasteiger partial charge is 0.388 e. The van der Waals surface area contributed by atoms with Crippen LogP contribution in [0.25, 0.3) is 0 Å². The standard InChI is InChI=1S/C13H25NO2/c1-3-13(16,4-2)10-14-12(15)9-11-7-5-6-8-11/h11,16H,3-10H2,1-2H3,(H,14,15). The molecule has 16 heavy (non-hydrogen) atoms. The van der Waals surface area contributed by atoms with Crippen molar-refractivity contribution in [1.82, 2.24) is 5.32 Å². The smallest absolute Gasteiger partial charge is 0.220 e. The van der Waals surface area contributed by atoms with Crippen molar-refractivity contribution in [3.63, 3.8) is 0 Å². The highest BCUT2D eigenvalue weighted by atomic mass is 16.3. The molecular weight excluding hydrogens is 202 g/mol. The molecule has 1 fully saturated rings. The lowest BCUT2D eigenvalue weighted by molar-refractivity contribution is -0.123. The SMILES string of the molecule is CCC(O)(CC)CNC(=O)CC1CCCC1. The van der Waals surface area contributed by atoms with Gasteiger partial charge in [0.15, 0.2) is 0 Å². The van der Waals surface area contributed by atoms with Crippen LogP contribution in [0.3, 0.4) is 0 Å². The molecule has 0 unspecified atom stereocenters. The third-order valence-corrected chi connectivity index (χ3v) is 3.88. The highest BCUT2D eigenvalue weighted by Crippen LogP contribution is 2.27. The second-order valence-corrected chi connectivity index (χ2v) is 5.06. The zero-order chi connectivity index (χ0) is 12.0. The van der Waals surface area contributed by atoms with Gasteiger partial charge in [0.05, 0.1) is 5.60 Å². The van der Waals surface area contributed by atoms with Gasteiger partial charge in [-0.2, -0.15) is 0 Å². The summed E-state index contributed by atoms with van der Waals surface area (Å²) in [6.07, 6.45) is 6.94. The van der Waals surface area contributed by atoms with Crippen LogP contribution in [0, 0.1) is 5.92 Å². The van der Waals surface area contributed by atoms with E-state index < -0.39 is 5.60 Å². The summed E-state index contributed by atoms with van der Waals surface area (Å²) in [6.45, 7) is 4.30. The van der Waals surface area contributed by atoms with E-state index in [2.05, 4.69) is 5.32 Å². The van der Waals surface area contributed by atoms with Crippen molar-refractivity contribution in [2.75, 3.05) is 6.54 Å². The Balaban J connectivity index is 2.23. The van der Waals surface area contributed by atoms with Crippen molar-refractivity contribution in [3.8, 4) is 0 Å². The summed E-state index contributed by atoms with van der Waals surface area (Å²) in [7, 11) is 0. The van der Waals surface area contributed by atoms with Crippen molar-refractivity contribution in [1.29, 1.82) is 0 Å². The fraction of sp³-hybridized carbons (Fsp3) is 0.923. The van der Waals surface area contributed by atoms with E-state index in [0.717, 1.165) is 0 Å². The predicted molar refractivity (Wildman–Crippen MR) is 65.1 cm³/mol. The van der Waals surface area contributed by atoms with E-state index >= 15 is 0 Å². The number of hydrogen-bond donors (Lipinski definition) is 2. The minimum atomic E-state index is -0.717. The summed E-state index contributed by atoms with van der Waals surface area (Å²) < 4.78 is 0. The topological polar surface area (TPSA) is 49.3 Å². The van der Waals surface area contributed by atoms with Crippen LogP contribution in [0.4, 0.5) is 0 Å². The quantitative estimate of drug-likeness (QED) is 0.731. The van der Waals surface area contributed by atoms with Gasteiger partial charge >= 0.3 is 0 Å². The van der Waals surface area contributed by atoms with Crippen LogP contribution >= 0.6 is 0 Å². The third-order valence-electron chi connectivity index (χ3n) is 3.88. The summed E-state index contributed by atoms with van der Waals surface area (Å²) in [4.78, 5) is 11.7. The second kappa shape index (κ2) is 6.24. The van der Waals surface area contributed by atoms with Gasteiger partial charge in [-0.3, -0.25) is 4.79 Å². The van der Waals surface area contributed by atoms with Crippen LogP contribution in [0.2, 0.25) is 0 Å². The summed E-state index contributed by atoms with van der Waals surface area (Å²) in [6, 6.07) is 0. The molecule has 94 valence electrons. The maximum Gasteiger partial charge on any atom is 0.220 e. The first-order valence-corrected chi connectivity index (χ1v) is 6.58. The average molecular weight is 227 g/mol. The van der Waals surface area contributed by atoms with Crippen molar-refractivity contribution >= 4 is 5.91 Å². The van der Waals surface area contributed by atoms with Gasteiger partial charge in [-0.15, -0.1) is 0 Å². The van der Waals surface area contributed by atoms with Crippen LogP contribution in [-0.4, -0.2) is 23.2 Å². The molecule has 0 spiro atoms.